The first kappa shape index (κ1) is 66.1. The molecule has 34 atom stereocenters. The van der Waals surface area contributed by atoms with Gasteiger partial charge in [0.1, 0.15) is 134 Å². The highest BCUT2D eigenvalue weighted by Crippen LogP contribution is 2.69. The van der Waals surface area contributed by atoms with Crippen molar-refractivity contribution in [3.05, 3.63) is 23.0 Å². The predicted molar refractivity (Wildman–Crippen MR) is 283 cm³/mol. The summed E-state index contributed by atoms with van der Waals surface area (Å²) in [6.07, 6.45) is -32.7. The van der Waals surface area contributed by atoms with Crippen molar-refractivity contribution in [1.82, 2.24) is 0 Å². The maximum Gasteiger partial charge on any atom is 0.187 e. The SMILES string of the molecule is CO[C@H](C[C@H](C)CO[C@@H]1O[C@H](CO)[C@@H](O)[C@H](O)[C@H]1O)C1=C(C)[C@H]2[C@H](C[C@H]3[C@@H]4CC=C5C[C@@H](O[C@@H]6O[C@H](CO)[C@H](O[C@@H]7O[C@H](CO)[C@@H](O)[C@H](O[C@@H]8OC[C@@H](O)C(O)[C@H]8O)[C@H]7O[C@@H]7O[C@H](CO)[C@@H](O)[C@H](O)[C@H]7O)[C@H](O)[C@H]6O)CC[C@]5(C)[C@H]4CC[C@@]32C)O1. The third-order valence-electron chi connectivity index (χ3n) is 20.9. The van der Waals surface area contributed by atoms with Gasteiger partial charge in [-0.2, -0.15) is 0 Å². The summed E-state index contributed by atoms with van der Waals surface area (Å²) in [6, 6.07) is 0. The summed E-state index contributed by atoms with van der Waals surface area (Å²) in [5.41, 5.74) is 2.25. The molecule has 16 N–H and O–H groups in total. The van der Waals surface area contributed by atoms with Gasteiger partial charge in [-0.1, -0.05) is 32.4 Å². The standard InChI is InChI=1S/C57H92O28/c1-21(19-75-51-44(71)40(67)37(64)31(15-58)79-51)12-30(74-5)47-22(2)35-29(78-47)14-27-25-7-6-23-13-24(8-10-56(23,3)26(25)9-11-57(27,35)4)77-53-46(73)42(69)48(34(18-61)82-53)83-55-50(85-54-45(72)41(68)38(65)32(16-59)80-54)49(39(66)33(17-60)81-55)84-52-43(70)36(63)28(62)20-76-52/h6,21,24-46,48-55,58-73H,7-20H2,1-5H3/t21-,24-,25+,26-,27-,28+,29-,30+,31+,32+,33+,34+,35-,36?,37+,38+,39+,40-,41-,42+,43+,44+,45+,46+,48-,49-,50+,51+,52-,53+,54-,55-,56-,57-/m0/s1. The third kappa shape index (κ3) is 12.3. The van der Waals surface area contributed by atoms with Gasteiger partial charge in [0.05, 0.1) is 45.7 Å². The van der Waals surface area contributed by atoms with Gasteiger partial charge in [-0.3, -0.25) is 0 Å². The molecular weight excluding hydrogens is 1130 g/mol. The first-order chi connectivity index (χ1) is 40.4. The van der Waals surface area contributed by atoms with Crippen LogP contribution in [-0.4, -0.2) is 294 Å². The van der Waals surface area contributed by atoms with Gasteiger partial charge in [0.2, 0.25) is 0 Å². The Bertz CT molecular complexity index is 2280. The number of aliphatic hydroxyl groups is 16. The van der Waals surface area contributed by atoms with E-state index in [1.165, 1.54) is 11.1 Å². The van der Waals surface area contributed by atoms with E-state index in [1.54, 1.807) is 7.11 Å². The van der Waals surface area contributed by atoms with Gasteiger partial charge in [0.15, 0.2) is 31.5 Å². The summed E-state index contributed by atoms with van der Waals surface area (Å²) in [5.74, 6) is 2.11. The normalized spacial score (nSPS) is 51.7. The Balaban J connectivity index is 0.785. The third-order valence-corrected chi connectivity index (χ3v) is 20.9. The van der Waals surface area contributed by atoms with Crippen molar-refractivity contribution in [2.75, 3.05) is 46.8 Å². The van der Waals surface area contributed by atoms with Crippen LogP contribution >= 0.6 is 0 Å². The molecule has 10 rings (SSSR count). The van der Waals surface area contributed by atoms with E-state index < -0.39 is 187 Å². The van der Waals surface area contributed by atoms with Crippen molar-refractivity contribution in [1.29, 1.82) is 0 Å². The summed E-state index contributed by atoms with van der Waals surface area (Å²) < 4.78 is 72.2. The Morgan fingerprint density at radius 1 is 0.588 bits per heavy atom. The Morgan fingerprint density at radius 2 is 1.15 bits per heavy atom. The topological polar surface area (TPSA) is 434 Å². The maximum atomic E-state index is 11.9. The van der Waals surface area contributed by atoms with Crippen molar-refractivity contribution in [3.8, 4) is 0 Å². The molecule has 0 radical (unpaired) electrons. The van der Waals surface area contributed by atoms with Gasteiger partial charge in [0.25, 0.3) is 0 Å². The monoisotopic (exact) mass is 1220 g/mol. The number of hydrogen-bond acceptors (Lipinski definition) is 28. The van der Waals surface area contributed by atoms with E-state index in [0.29, 0.717) is 37.0 Å². The lowest BCUT2D eigenvalue weighted by Gasteiger charge is -2.58. The molecule has 10 aliphatic rings. The van der Waals surface area contributed by atoms with Crippen LogP contribution in [0.2, 0.25) is 0 Å². The van der Waals surface area contributed by atoms with Crippen LogP contribution in [0.3, 0.4) is 0 Å². The molecule has 0 aromatic heterocycles. The smallest absolute Gasteiger partial charge is 0.187 e. The second kappa shape index (κ2) is 26.8. The summed E-state index contributed by atoms with van der Waals surface area (Å²) in [6.45, 7) is 5.38. The van der Waals surface area contributed by atoms with Crippen LogP contribution in [0.4, 0.5) is 0 Å². The molecule has 0 bridgehead atoms. The van der Waals surface area contributed by atoms with Crippen molar-refractivity contribution in [3.63, 3.8) is 0 Å². The summed E-state index contributed by atoms with van der Waals surface area (Å²) in [4.78, 5) is 0. The Labute approximate surface area is 492 Å². The fraction of sp³-hybridized carbons (Fsp3) is 0.930. The zero-order valence-corrected chi connectivity index (χ0v) is 48.5. The average molecular weight is 1230 g/mol. The molecule has 4 aliphatic carbocycles. The molecule has 85 heavy (non-hydrogen) atoms. The first-order valence-electron chi connectivity index (χ1n) is 30.1. The van der Waals surface area contributed by atoms with E-state index in [2.05, 4.69) is 26.8 Å². The number of rotatable bonds is 19. The molecule has 6 aliphatic heterocycles. The van der Waals surface area contributed by atoms with Crippen LogP contribution < -0.4 is 0 Å². The van der Waals surface area contributed by atoms with Crippen LogP contribution in [0.15, 0.2) is 23.0 Å². The molecule has 488 valence electrons. The van der Waals surface area contributed by atoms with Crippen LogP contribution in [0.5, 0.6) is 0 Å². The molecule has 6 heterocycles. The van der Waals surface area contributed by atoms with Crippen molar-refractivity contribution in [2.24, 2.45) is 40.4 Å². The minimum Gasteiger partial charge on any atom is -0.491 e. The number of methoxy groups -OCH3 is 1. The zero-order valence-electron chi connectivity index (χ0n) is 48.5. The molecule has 28 nitrogen and oxygen atoms in total. The highest BCUT2D eigenvalue weighted by molar-refractivity contribution is 5.31. The highest BCUT2D eigenvalue weighted by Gasteiger charge is 2.65. The molecule has 1 unspecified atom stereocenters. The molecule has 0 amide bonds. The van der Waals surface area contributed by atoms with Gasteiger partial charge in [0, 0.05) is 13.0 Å². The summed E-state index contributed by atoms with van der Waals surface area (Å²) in [5, 5.41) is 170. The lowest BCUT2D eigenvalue weighted by atomic mass is 9.47. The summed E-state index contributed by atoms with van der Waals surface area (Å²) in [7, 11) is 1.66. The molecule has 5 saturated heterocycles. The Hall–Kier alpha value is -1.80. The fourth-order valence-corrected chi connectivity index (χ4v) is 16.1. The van der Waals surface area contributed by atoms with Crippen LogP contribution in [-0.2, 0) is 56.8 Å². The molecule has 28 heteroatoms. The fourth-order valence-electron chi connectivity index (χ4n) is 16.1. The lowest BCUT2D eigenvalue weighted by molar-refractivity contribution is -0.403. The zero-order chi connectivity index (χ0) is 61.3. The predicted octanol–water partition coefficient (Wildman–Crippen LogP) is -5.00. The number of aliphatic hydroxyl groups excluding tert-OH is 16. The van der Waals surface area contributed by atoms with Gasteiger partial charge in [-0.15, -0.1) is 0 Å². The van der Waals surface area contributed by atoms with Gasteiger partial charge in [-0.25, -0.2) is 0 Å². The maximum absolute atomic E-state index is 11.9. The highest BCUT2D eigenvalue weighted by atomic mass is 16.8. The van der Waals surface area contributed by atoms with Crippen molar-refractivity contribution in [2.45, 2.75) is 245 Å². The number of ether oxygens (including phenoxy) is 12. The van der Waals surface area contributed by atoms with E-state index in [9.17, 15) is 81.7 Å². The van der Waals surface area contributed by atoms with E-state index >= 15 is 0 Å². The van der Waals surface area contributed by atoms with Gasteiger partial charge < -0.3 is 139 Å². The number of fused-ring (bicyclic) bond motifs is 7. The number of hydrogen-bond donors (Lipinski definition) is 16. The summed E-state index contributed by atoms with van der Waals surface area (Å²) >= 11 is 0. The molecule has 8 fully saturated rings. The minimum atomic E-state index is -2.03. The quantitative estimate of drug-likeness (QED) is 0.0539. The van der Waals surface area contributed by atoms with E-state index in [0.717, 1.165) is 37.9 Å². The molecule has 0 spiro atoms. The molecule has 3 saturated carbocycles. The second-order valence-corrected chi connectivity index (χ2v) is 26.0. The van der Waals surface area contributed by atoms with E-state index in [-0.39, 0.29) is 41.5 Å². The minimum absolute atomic E-state index is 0.0176. The average Bonchev–Trinajstić information content (AvgIpc) is 1.70. The largest absolute Gasteiger partial charge is 0.491 e. The van der Waals surface area contributed by atoms with Crippen molar-refractivity contribution < 1.29 is 139 Å². The lowest BCUT2D eigenvalue weighted by Crippen LogP contribution is -2.68. The molecule has 0 aromatic rings. The van der Waals surface area contributed by atoms with E-state index in [1.807, 2.05) is 6.92 Å². The van der Waals surface area contributed by atoms with Crippen LogP contribution in [0.25, 0.3) is 0 Å². The van der Waals surface area contributed by atoms with E-state index in [4.69, 9.17) is 56.8 Å². The van der Waals surface area contributed by atoms with Gasteiger partial charge >= 0.3 is 0 Å². The molecule has 0 aromatic carbocycles. The van der Waals surface area contributed by atoms with Gasteiger partial charge in [-0.05, 0) is 98.4 Å². The second-order valence-electron chi connectivity index (χ2n) is 26.0. The Morgan fingerprint density at radius 3 is 1.81 bits per heavy atom. The Kier molecular flexibility index (Phi) is 20.9. The van der Waals surface area contributed by atoms with Crippen molar-refractivity contribution >= 4 is 0 Å². The van der Waals surface area contributed by atoms with Crippen LogP contribution in [0.1, 0.15) is 79.1 Å². The first-order valence-corrected chi connectivity index (χ1v) is 30.1. The van der Waals surface area contributed by atoms with Crippen LogP contribution in [0, 0.1) is 40.4 Å². The number of allylic oxidation sites excluding steroid dienone is 1. The molecular formula is C57H92O28.